The van der Waals surface area contributed by atoms with Crippen molar-refractivity contribution in [2.75, 3.05) is 4.90 Å². The summed E-state index contributed by atoms with van der Waals surface area (Å²) in [7, 11) is 0. The van der Waals surface area contributed by atoms with Gasteiger partial charge in [0.2, 0.25) is 0 Å². The van der Waals surface area contributed by atoms with Crippen LogP contribution in [0.1, 0.15) is 79.3 Å². The number of nitrogens with zero attached hydrogens (tertiary/aromatic N) is 1. The van der Waals surface area contributed by atoms with Crippen LogP contribution in [0.3, 0.4) is 0 Å². The molecule has 8 aromatic rings. The van der Waals surface area contributed by atoms with E-state index in [9.17, 15) is 0 Å². The van der Waals surface area contributed by atoms with Crippen LogP contribution in [-0.4, -0.2) is 0 Å². The van der Waals surface area contributed by atoms with Gasteiger partial charge in [-0.3, -0.25) is 0 Å². The van der Waals surface area contributed by atoms with Crippen molar-refractivity contribution < 1.29 is 0 Å². The maximum atomic E-state index is 2.69. The molecular formula is C61H53N. The minimum Gasteiger partial charge on any atom is -0.310 e. The summed E-state index contributed by atoms with van der Waals surface area (Å²) in [6, 6.07) is 76.2. The molecule has 5 atom stereocenters. The zero-order chi connectivity index (χ0) is 41.4. The summed E-state index contributed by atoms with van der Waals surface area (Å²) in [6.45, 7) is 4.98. The first-order chi connectivity index (χ1) is 30.6. The lowest BCUT2D eigenvalue weighted by Gasteiger charge is -2.62. The van der Waals surface area contributed by atoms with E-state index in [2.05, 4.69) is 219 Å². The van der Waals surface area contributed by atoms with Gasteiger partial charge in [0.15, 0.2) is 0 Å². The number of fused-ring (bicyclic) bond motifs is 9. The van der Waals surface area contributed by atoms with E-state index in [0.717, 1.165) is 17.5 Å². The first kappa shape index (κ1) is 37.3. The first-order valence-electron chi connectivity index (χ1n) is 23.1. The van der Waals surface area contributed by atoms with Crippen molar-refractivity contribution in [3.8, 4) is 33.4 Å². The normalized spacial score (nSPS) is 22.4. The van der Waals surface area contributed by atoms with Crippen molar-refractivity contribution in [1.82, 2.24) is 0 Å². The molecule has 302 valence electrons. The van der Waals surface area contributed by atoms with E-state index in [1.807, 2.05) is 0 Å². The molecule has 2 spiro atoms. The zero-order valence-corrected chi connectivity index (χ0v) is 35.8. The van der Waals surface area contributed by atoms with Gasteiger partial charge in [0.1, 0.15) is 0 Å². The average molecular weight is 800 g/mol. The number of anilines is 3. The Morgan fingerprint density at radius 3 is 1.52 bits per heavy atom. The molecule has 2 fully saturated rings. The molecule has 0 radical (unpaired) electrons. The fraction of sp³-hybridized carbons (Fsp3) is 0.213. The van der Waals surface area contributed by atoms with Crippen molar-refractivity contribution in [1.29, 1.82) is 0 Å². The zero-order valence-electron chi connectivity index (χ0n) is 35.8. The van der Waals surface area contributed by atoms with Gasteiger partial charge < -0.3 is 4.90 Å². The minimum absolute atomic E-state index is 0.0907. The molecule has 1 heteroatoms. The molecule has 3 unspecified atom stereocenters. The highest BCUT2D eigenvalue weighted by Gasteiger charge is 2.62. The Morgan fingerprint density at radius 2 is 0.887 bits per heavy atom. The van der Waals surface area contributed by atoms with E-state index in [4.69, 9.17) is 0 Å². The van der Waals surface area contributed by atoms with Gasteiger partial charge in [-0.25, -0.2) is 0 Å². The van der Waals surface area contributed by atoms with E-state index in [1.54, 1.807) is 11.1 Å². The van der Waals surface area contributed by atoms with Gasteiger partial charge in [0, 0.05) is 22.5 Å². The Bertz CT molecular complexity index is 2880. The summed E-state index contributed by atoms with van der Waals surface area (Å²) in [5.41, 5.74) is 19.6. The van der Waals surface area contributed by atoms with Crippen LogP contribution >= 0.6 is 0 Å². The number of hydrogen-bond acceptors (Lipinski definition) is 1. The van der Waals surface area contributed by atoms with Gasteiger partial charge >= 0.3 is 0 Å². The molecule has 12 rings (SSSR count). The molecule has 0 saturated heterocycles. The highest BCUT2D eigenvalue weighted by atomic mass is 15.1. The van der Waals surface area contributed by atoms with Crippen LogP contribution in [0.25, 0.3) is 33.4 Å². The Balaban J connectivity index is 1.15. The fourth-order valence-corrected chi connectivity index (χ4v) is 13.4. The van der Waals surface area contributed by atoms with Crippen LogP contribution in [0.4, 0.5) is 17.1 Å². The molecule has 2 saturated carbocycles. The lowest BCUT2D eigenvalue weighted by atomic mass is 9.41. The molecule has 0 aliphatic heterocycles. The summed E-state index contributed by atoms with van der Waals surface area (Å²) >= 11 is 0. The minimum atomic E-state index is -0.417. The first-order valence-corrected chi connectivity index (χ1v) is 23.1. The topological polar surface area (TPSA) is 3.24 Å². The maximum Gasteiger partial charge on any atom is 0.0719 e. The standard InChI is InChI=1S/C61H53N/c1-3-42-37-47-35-41(2)36-48(38-42)60(47)56-27-14-15-28-57(56)61(54-25-12-10-23-52(54)53-24-11-13-26-55(53)61)58-34-33-51(40-59(58)60)62(49-31-29-45(30-32-49)43-17-6-4-7-18-43)50-22-16-21-46(39-50)44-19-8-5-9-20-44/h4-34,39-42,47-48H,3,35-38H2,1-2H3/t41?,42?,47-,48+,60?. The van der Waals surface area contributed by atoms with Crippen LogP contribution in [0.5, 0.6) is 0 Å². The van der Waals surface area contributed by atoms with Gasteiger partial charge in [0.25, 0.3) is 0 Å². The second-order valence-electron chi connectivity index (χ2n) is 18.9. The lowest BCUT2D eigenvalue weighted by Crippen LogP contribution is -2.56. The Labute approximate surface area is 367 Å². The third-order valence-corrected chi connectivity index (χ3v) is 15.8. The summed E-state index contributed by atoms with van der Waals surface area (Å²) in [5.74, 6) is 2.62. The Morgan fingerprint density at radius 1 is 0.403 bits per heavy atom. The van der Waals surface area contributed by atoms with Crippen LogP contribution in [-0.2, 0) is 10.8 Å². The smallest absolute Gasteiger partial charge is 0.0719 e. The lowest BCUT2D eigenvalue weighted by molar-refractivity contribution is 0.0180. The van der Waals surface area contributed by atoms with Crippen molar-refractivity contribution in [2.24, 2.45) is 23.7 Å². The molecule has 62 heavy (non-hydrogen) atoms. The third kappa shape index (κ3) is 5.40. The highest BCUT2D eigenvalue weighted by molar-refractivity contribution is 5.90. The van der Waals surface area contributed by atoms with Crippen LogP contribution in [0.15, 0.2) is 200 Å². The van der Waals surface area contributed by atoms with Crippen molar-refractivity contribution >= 4 is 17.1 Å². The SMILES string of the molecule is CCC1C[C@H]2CC(C)C[C@@H](C1)C21c2ccccc2C2(c3ccccc3-c3ccccc32)c2ccc(N(c3ccc(-c4ccccc4)cc3)c3cccc(-c4ccccc4)c3)cc21. The van der Waals surface area contributed by atoms with Crippen molar-refractivity contribution in [2.45, 2.75) is 56.8 Å². The number of rotatable bonds is 6. The van der Waals surface area contributed by atoms with Gasteiger partial charge in [0.05, 0.1) is 5.41 Å². The molecule has 1 nitrogen and oxygen atoms in total. The van der Waals surface area contributed by atoms with Crippen molar-refractivity contribution in [3.63, 3.8) is 0 Å². The maximum absolute atomic E-state index is 2.69. The molecule has 0 amide bonds. The van der Waals surface area contributed by atoms with Crippen LogP contribution < -0.4 is 4.90 Å². The second-order valence-corrected chi connectivity index (χ2v) is 18.9. The summed E-state index contributed by atoms with van der Waals surface area (Å²) in [4.78, 5) is 2.54. The Kier molecular flexibility index (Phi) is 8.79. The number of benzene rings is 8. The predicted octanol–water partition coefficient (Wildman–Crippen LogP) is 15.9. The van der Waals surface area contributed by atoms with Crippen LogP contribution in [0.2, 0.25) is 0 Å². The van der Waals surface area contributed by atoms with Gasteiger partial charge in [-0.2, -0.15) is 0 Å². The third-order valence-electron chi connectivity index (χ3n) is 15.8. The molecule has 4 aliphatic carbocycles. The van der Waals surface area contributed by atoms with E-state index in [0.29, 0.717) is 11.8 Å². The van der Waals surface area contributed by atoms with Crippen molar-refractivity contribution in [3.05, 3.63) is 234 Å². The molecule has 4 aliphatic rings. The molecule has 0 heterocycles. The quantitative estimate of drug-likeness (QED) is 0.162. The van der Waals surface area contributed by atoms with Crippen LogP contribution in [0, 0.1) is 23.7 Å². The van der Waals surface area contributed by atoms with E-state index >= 15 is 0 Å². The van der Waals surface area contributed by atoms with E-state index in [-0.39, 0.29) is 5.41 Å². The van der Waals surface area contributed by atoms with E-state index in [1.165, 1.54) is 99.1 Å². The molecule has 8 aromatic carbocycles. The number of hydrogen-bond donors (Lipinski definition) is 0. The molecular weight excluding hydrogens is 747 g/mol. The highest BCUT2D eigenvalue weighted by Crippen LogP contribution is 2.69. The molecule has 0 N–H and O–H groups in total. The second kappa shape index (κ2) is 14.6. The fourth-order valence-electron chi connectivity index (χ4n) is 13.4. The summed E-state index contributed by atoms with van der Waals surface area (Å²) in [6.07, 6.45) is 6.39. The monoisotopic (exact) mass is 799 g/mol. The Hall–Kier alpha value is -6.44. The van der Waals surface area contributed by atoms with Gasteiger partial charge in [-0.1, -0.05) is 184 Å². The van der Waals surface area contributed by atoms with Gasteiger partial charge in [-0.15, -0.1) is 0 Å². The molecule has 2 bridgehead atoms. The predicted molar refractivity (Wildman–Crippen MR) is 258 cm³/mol. The van der Waals surface area contributed by atoms with E-state index < -0.39 is 5.41 Å². The average Bonchev–Trinajstić information content (AvgIpc) is 3.62. The largest absolute Gasteiger partial charge is 0.310 e. The summed E-state index contributed by atoms with van der Waals surface area (Å²) < 4.78 is 0. The molecule has 0 aromatic heterocycles. The summed E-state index contributed by atoms with van der Waals surface area (Å²) in [5, 5.41) is 0. The van der Waals surface area contributed by atoms with Gasteiger partial charge in [-0.05, 0) is 153 Å².